The summed E-state index contributed by atoms with van der Waals surface area (Å²) < 4.78 is 0. The summed E-state index contributed by atoms with van der Waals surface area (Å²) in [6.45, 7) is 6.84. The zero-order valence-corrected chi connectivity index (χ0v) is 16.4. The molecule has 26 heavy (non-hydrogen) atoms. The fraction of sp³-hybridized carbons (Fsp3) is 0.429. The number of rotatable bonds is 5. The van der Waals surface area contributed by atoms with Crippen LogP contribution in [0.5, 0.6) is 0 Å². The first-order chi connectivity index (χ1) is 12.3. The van der Waals surface area contributed by atoms with Crippen LogP contribution in [0.15, 0.2) is 30.3 Å². The summed E-state index contributed by atoms with van der Waals surface area (Å²) in [5, 5.41) is 3.50. The van der Waals surface area contributed by atoms with E-state index in [1.54, 1.807) is 12.1 Å². The second kappa shape index (κ2) is 7.23. The van der Waals surface area contributed by atoms with Crippen molar-refractivity contribution in [3.63, 3.8) is 0 Å². The molecule has 3 N–H and O–H groups in total. The molecule has 0 saturated carbocycles. The van der Waals surface area contributed by atoms with E-state index in [9.17, 15) is 9.59 Å². The lowest BCUT2D eigenvalue weighted by Crippen LogP contribution is -2.29. The Hall–Kier alpha value is -2.14. The smallest absolute Gasteiger partial charge is 0.256 e. The Morgan fingerprint density at radius 2 is 1.96 bits per heavy atom. The molecule has 0 unspecified atom stereocenters. The van der Waals surface area contributed by atoms with Crippen molar-refractivity contribution in [3.05, 3.63) is 51.9 Å². The zero-order valence-electron chi connectivity index (χ0n) is 15.6. The number of fused-ring (bicyclic) bond motifs is 1. The van der Waals surface area contributed by atoms with E-state index >= 15 is 0 Å². The lowest BCUT2D eigenvalue weighted by Gasteiger charge is -2.36. The van der Waals surface area contributed by atoms with E-state index in [1.807, 2.05) is 18.2 Å². The number of thiophene rings is 1. The first-order valence-corrected chi connectivity index (χ1v) is 9.96. The van der Waals surface area contributed by atoms with Gasteiger partial charge in [-0.2, -0.15) is 0 Å². The Kier molecular flexibility index (Phi) is 5.19. The van der Waals surface area contributed by atoms with Crippen LogP contribution in [-0.4, -0.2) is 11.8 Å². The highest BCUT2D eigenvalue weighted by atomic mass is 32.1. The molecule has 0 fully saturated rings. The van der Waals surface area contributed by atoms with Crippen molar-refractivity contribution in [2.45, 2.75) is 46.5 Å². The van der Waals surface area contributed by atoms with Crippen LogP contribution in [-0.2, 0) is 12.8 Å². The molecular weight excluding hydrogens is 344 g/mol. The minimum absolute atomic E-state index is 0.211. The molecule has 1 atom stereocenters. The van der Waals surface area contributed by atoms with Crippen molar-refractivity contribution in [1.29, 1.82) is 0 Å². The van der Waals surface area contributed by atoms with Crippen LogP contribution in [0, 0.1) is 11.3 Å². The molecule has 1 aliphatic carbocycles. The molecule has 3 rings (SSSR count). The number of hydrogen-bond acceptors (Lipinski definition) is 3. The molecule has 0 saturated heterocycles. The monoisotopic (exact) mass is 370 g/mol. The fourth-order valence-electron chi connectivity index (χ4n) is 3.66. The van der Waals surface area contributed by atoms with E-state index in [0.717, 1.165) is 31.2 Å². The maximum absolute atomic E-state index is 12.5. The second-order valence-corrected chi connectivity index (χ2v) is 8.78. The molecule has 2 amide bonds. The molecule has 0 spiro atoms. The highest BCUT2D eigenvalue weighted by Gasteiger charge is 2.35. The topological polar surface area (TPSA) is 72.2 Å². The summed E-state index contributed by atoms with van der Waals surface area (Å²) in [4.78, 5) is 25.8. The van der Waals surface area contributed by atoms with Gasteiger partial charge in [-0.1, -0.05) is 45.4 Å². The molecule has 2 aromatic rings. The summed E-state index contributed by atoms with van der Waals surface area (Å²) in [6, 6.07) is 9.02. The van der Waals surface area contributed by atoms with Gasteiger partial charge in [0, 0.05) is 10.4 Å². The number of anilines is 1. The average Bonchev–Trinajstić information content (AvgIpc) is 2.99. The van der Waals surface area contributed by atoms with E-state index in [-0.39, 0.29) is 11.3 Å². The van der Waals surface area contributed by atoms with Gasteiger partial charge in [-0.3, -0.25) is 9.59 Å². The Labute approximate surface area is 158 Å². The van der Waals surface area contributed by atoms with Gasteiger partial charge in [-0.15, -0.1) is 11.3 Å². The van der Waals surface area contributed by atoms with Crippen molar-refractivity contribution in [3.8, 4) is 0 Å². The number of nitrogens with two attached hydrogens (primary N) is 1. The normalized spacial score (nSPS) is 16.8. The van der Waals surface area contributed by atoms with Crippen LogP contribution < -0.4 is 11.1 Å². The molecule has 1 aliphatic rings. The number of nitrogens with one attached hydrogen (secondary N) is 1. The van der Waals surface area contributed by atoms with Crippen LogP contribution in [0.25, 0.3) is 0 Å². The number of benzene rings is 1. The summed E-state index contributed by atoms with van der Waals surface area (Å²) in [7, 11) is 0. The fourth-order valence-corrected chi connectivity index (χ4v) is 4.98. The molecular formula is C21H26N2O2S. The van der Waals surface area contributed by atoms with Crippen molar-refractivity contribution < 1.29 is 9.59 Å². The van der Waals surface area contributed by atoms with Crippen molar-refractivity contribution >= 4 is 28.2 Å². The number of carbonyl (C=O) groups is 2. The minimum Gasteiger partial charge on any atom is -0.365 e. The summed E-state index contributed by atoms with van der Waals surface area (Å²) in [5.41, 5.74) is 8.03. The van der Waals surface area contributed by atoms with Gasteiger partial charge in [0.25, 0.3) is 11.8 Å². The van der Waals surface area contributed by atoms with Gasteiger partial charge in [0.2, 0.25) is 0 Å². The SMILES string of the molecule is CCC(C)(C)[C@@H]1CCc2c(sc(NC(=O)c3ccccc3)c2C(N)=O)C1. The van der Waals surface area contributed by atoms with E-state index in [2.05, 4.69) is 26.1 Å². The third-order valence-electron chi connectivity index (χ3n) is 5.79. The standard InChI is InChI=1S/C21H26N2O2S/c1-4-21(2,3)14-10-11-15-16(12-14)26-20(17(15)18(22)24)23-19(25)13-8-6-5-7-9-13/h5-9,14H,4,10-12H2,1-3H3,(H2,22,24)(H,23,25)/t14-/m1/s1. The van der Waals surface area contributed by atoms with E-state index < -0.39 is 5.91 Å². The summed E-state index contributed by atoms with van der Waals surface area (Å²) in [6.07, 6.45) is 3.97. The molecule has 0 radical (unpaired) electrons. The van der Waals surface area contributed by atoms with Gasteiger partial charge >= 0.3 is 0 Å². The van der Waals surface area contributed by atoms with Crippen molar-refractivity contribution in [1.82, 2.24) is 0 Å². The van der Waals surface area contributed by atoms with E-state index in [4.69, 9.17) is 5.73 Å². The molecule has 0 aliphatic heterocycles. The first-order valence-electron chi connectivity index (χ1n) is 9.14. The van der Waals surface area contributed by atoms with Gasteiger partial charge in [0.05, 0.1) is 5.56 Å². The summed E-state index contributed by atoms with van der Waals surface area (Å²) >= 11 is 1.51. The molecule has 1 aromatic heterocycles. The van der Waals surface area contributed by atoms with Crippen LogP contribution >= 0.6 is 11.3 Å². The highest BCUT2D eigenvalue weighted by molar-refractivity contribution is 7.17. The first kappa shape index (κ1) is 18.6. The van der Waals surface area contributed by atoms with Crippen LogP contribution in [0.1, 0.15) is 64.8 Å². The Morgan fingerprint density at radius 3 is 2.58 bits per heavy atom. The van der Waals surface area contributed by atoms with E-state index in [1.165, 1.54) is 16.2 Å². The van der Waals surface area contributed by atoms with E-state index in [0.29, 0.717) is 22.0 Å². The zero-order chi connectivity index (χ0) is 18.9. The minimum atomic E-state index is -0.459. The predicted molar refractivity (Wildman–Crippen MR) is 107 cm³/mol. The highest BCUT2D eigenvalue weighted by Crippen LogP contribution is 2.45. The van der Waals surface area contributed by atoms with Crippen LogP contribution in [0.2, 0.25) is 0 Å². The van der Waals surface area contributed by atoms with Crippen molar-refractivity contribution in [2.24, 2.45) is 17.1 Å². The molecule has 0 bridgehead atoms. The van der Waals surface area contributed by atoms with Crippen LogP contribution in [0.3, 0.4) is 0 Å². The molecule has 4 nitrogen and oxygen atoms in total. The van der Waals surface area contributed by atoms with Gasteiger partial charge < -0.3 is 11.1 Å². The van der Waals surface area contributed by atoms with Crippen molar-refractivity contribution in [2.75, 3.05) is 5.32 Å². The second-order valence-electron chi connectivity index (χ2n) is 7.67. The third-order valence-corrected chi connectivity index (χ3v) is 6.96. The molecule has 1 heterocycles. The van der Waals surface area contributed by atoms with Crippen LogP contribution in [0.4, 0.5) is 5.00 Å². The number of hydrogen-bond donors (Lipinski definition) is 2. The average molecular weight is 371 g/mol. The molecule has 5 heteroatoms. The summed E-state index contributed by atoms with van der Waals surface area (Å²) in [5.74, 6) is -0.0896. The largest absolute Gasteiger partial charge is 0.365 e. The quantitative estimate of drug-likeness (QED) is 0.805. The van der Waals surface area contributed by atoms with Gasteiger partial charge in [0.15, 0.2) is 0 Å². The number of primary amides is 1. The van der Waals surface area contributed by atoms with Gasteiger partial charge in [-0.05, 0) is 48.3 Å². The Bertz CT molecular complexity index is 824. The maximum Gasteiger partial charge on any atom is 0.256 e. The van der Waals surface area contributed by atoms with Gasteiger partial charge in [-0.25, -0.2) is 0 Å². The number of amides is 2. The maximum atomic E-state index is 12.5. The lowest BCUT2D eigenvalue weighted by molar-refractivity contribution is 0.0999. The number of carbonyl (C=O) groups excluding carboxylic acids is 2. The lowest BCUT2D eigenvalue weighted by atomic mass is 9.69. The molecule has 138 valence electrons. The van der Waals surface area contributed by atoms with Gasteiger partial charge in [0.1, 0.15) is 5.00 Å². The predicted octanol–water partition coefficient (Wildman–Crippen LogP) is 4.64. The third kappa shape index (κ3) is 3.54. The Balaban J connectivity index is 1.91. The Morgan fingerprint density at radius 1 is 1.27 bits per heavy atom. The molecule has 1 aromatic carbocycles.